The standard InChI is InChI=1S/C10H8N4O4/c15-7-3-5(1-2-6(7)9(16)17)12-8-4-11-14-10(18)13-8/h1-4,15H,(H,16,17)(H2,12,13,14,18). The molecule has 0 aliphatic rings. The van der Waals surface area contributed by atoms with Gasteiger partial charge in [-0.2, -0.15) is 10.1 Å². The van der Waals surface area contributed by atoms with E-state index in [0.717, 1.165) is 0 Å². The number of hydrogen-bond donors (Lipinski definition) is 4. The summed E-state index contributed by atoms with van der Waals surface area (Å²) >= 11 is 0. The van der Waals surface area contributed by atoms with Crippen LogP contribution in [0.1, 0.15) is 10.4 Å². The molecule has 8 heteroatoms. The summed E-state index contributed by atoms with van der Waals surface area (Å²) in [4.78, 5) is 25.2. The molecule has 0 spiro atoms. The minimum Gasteiger partial charge on any atom is -0.507 e. The maximum Gasteiger partial charge on any atom is 0.363 e. The Bertz CT molecular complexity index is 652. The van der Waals surface area contributed by atoms with E-state index in [1.807, 2.05) is 0 Å². The van der Waals surface area contributed by atoms with E-state index in [1.165, 1.54) is 24.4 Å². The number of anilines is 2. The first-order chi connectivity index (χ1) is 8.56. The normalized spacial score (nSPS) is 10.0. The number of aromatic hydroxyl groups is 1. The number of H-pyrrole nitrogens is 1. The average Bonchev–Trinajstić information content (AvgIpc) is 2.28. The maximum absolute atomic E-state index is 10.9. The van der Waals surface area contributed by atoms with E-state index in [2.05, 4.69) is 20.5 Å². The van der Waals surface area contributed by atoms with Crippen LogP contribution in [-0.2, 0) is 0 Å². The summed E-state index contributed by atoms with van der Waals surface area (Å²) in [6, 6.07) is 3.89. The van der Waals surface area contributed by atoms with E-state index in [4.69, 9.17) is 5.11 Å². The molecule has 2 aromatic rings. The number of rotatable bonds is 3. The number of aromatic nitrogens is 3. The lowest BCUT2D eigenvalue weighted by Crippen LogP contribution is -2.13. The molecule has 0 aliphatic heterocycles. The van der Waals surface area contributed by atoms with Crippen LogP contribution < -0.4 is 11.0 Å². The van der Waals surface area contributed by atoms with Crippen LogP contribution in [-0.4, -0.2) is 31.4 Å². The van der Waals surface area contributed by atoms with Gasteiger partial charge in [0.15, 0.2) is 5.82 Å². The predicted octanol–water partition coefficient (Wildman–Crippen LogP) is 0.312. The molecule has 0 fully saturated rings. The van der Waals surface area contributed by atoms with Crippen molar-refractivity contribution in [3.63, 3.8) is 0 Å². The van der Waals surface area contributed by atoms with Crippen molar-refractivity contribution in [1.29, 1.82) is 0 Å². The second kappa shape index (κ2) is 4.53. The van der Waals surface area contributed by atoms with E-state index >= 15 is 0 Å². The van der Waals surface area contributed by atoms with Gasteiger partial charge in [-0.25, -0.2) is 14.7 Å². The summed E-state index contributed by atoms with van der Waals surface area (Å²) in [6.07, 6.45) is 1.28. The topological polar surface area (TPSA) is 128 Å². The summed E-state index contributed by atoms with van der Waals surface area (Å²) in [5.74, 6) is -1.43. The maximum atomic E-state index is 10.9. The Labute approximate surface area is 99.9 Å². The molecule has 0 atom stereocenters. The molecule has 0 bridgehead atoms. The van der Waals surface area contributed by atoms with Gasteiger partial charge in [0.05, 0.1) is 6.20 Å². The van der Waals surface area contributed by atoms with Crippen LogP contribution in [0.5, 0.6) is 5.75 Å². The smallest absolute Gasteiger partial charge is 0.363 e. The van der Waals surface area contributed by atoms with Gasteiger partial charge in [0.1, 0.15) is 11.3 Å². The fourth-order valence-electron chi connectivity index (χ4n) is 1.31. The molecule has 0 saturated carbocycles. The van der Waals surface area contributed by atoms with Crippen molar-refractivity contribution in [2.24, 2.45) is 0 Å². The number of benzene rings is 1. The lowest BCUT2D eigenvalue weighted by molar-refractivity contribution is 0.0694. The zero-order valence-corrected chi connectivity index (χ0v) is 8.91. The highest BCUT2D eigenvalue weighted by Crippen LogP contribution is 2.23. The fraction of sp³-hybridized carbons (Fsp3) is 0. The quantitative estimate of drug-likeness (QED) is 0.615. The fourth-order valence-corrected chi connectivity index (χ4v) is 1.31. The molecule has 0 amide bonds. The number of carbonyl (C=O) groups is 1. The van der Waals surface area contributed by atoms with Gasteiger partial charge < -0.3 is 15.5 Å². The number of hydrogen-bond acceptors (Lipinski definition) is 6. The van der Waals surface area contributed by atoms with E-state index in [0.29, 0.717) is 5.69 Å². The van der Waals surface area contributed by atoms with Gasteiger partial charge in [-0.3, -0.25) is 0 Å². The molecule has 0 saturated heterocycles. The minimum absolute atomic E-state index is 0.182. The Balaban J connectivity index is 2.28. The molecule has 8 nitrogen and oxygen atoms in total. The number of carboxylic acids is 1. The van der Waals surface area contributed by atoms with Crippen molar-refractivity contribution >= 4 is 17.5 Å². The molecule has 2 rings (SSSR count). The number of nitrogens with zero attached hydrogens (tertiary/aromatic N) is 2. The summed E-state index contributed by atoms with van der Waals surface area (Å²) in [6.45, 7) is 0. The monoisotopic (exact) mass is 248 g/mol. The Kier molecular flexibility index (Phi) is 2.92. The zero-order chi connectivity index (χ0) is 13.1. The van der Waals surface area contributed by atoms with Crippen molar-refractivity contribution in [2.75, 3.05) is 5.32 Å². The number of aromatic carboxylic acids is 1. The van der Waals surface area contributed by atoms with Crippen LogP contribution in [0.15, 0.2) is 29.2 Å². The highest BCUT2D eigenvalue weighted by Gasteiger charge is 2.09. The third-order valence-electron chi connectivity index (χ3n) is 2.07. The molecule has 0 radical (unpaired) electrons. The molecule has 0 unspecified atom stereocenters. The molecular formula is C10H8N4O4. The number of carboxylic acid groups (broad SMARTS) is 1. The summed E-state index contributed by atoms with van der Waals surface area (Å²) in [7, 11) is 0. The van der Waals surface area contributed by atoms with Gasteiger partial charge in [0.25, 0.3) is 0 Å². The lowest BCUT2D eigenvalue weighted by atomic mass is 10.2. The van der Waals surface area contributed by atoms with Gasteiger partial charge in [0.2, 0.25) is 0 Å². The Morgan fingerprint density at radius 2 is 2.17 bits per heavy atom. The summed E-state index contributed by atoms with van der Waals surface area (Å²) < 4.78 is 0. The number of phenols is 1. The highest BCUT2D eigenvalue weighted by atomic mass is 16.4. The van der Waals surface area contributed by atoms with Crippen LogP contribution in [0, 0.1) is 0 Å². The van der Waals surface area contributed by atoms with Crippen LogP contribution in [0.4, 0.5) is 11.5 Å². The molecule has 1 aromatic heterocycles. The third kappa shape index (κ3) is 2.43. The Hall–Kier alpha value is -2.90. The van der Waals surface area contributed by atoms with Crippen LogP contribution in [0.3, 0.4) is 0 Å². The number of aromatic amines is 1. The molecule has 1 heterocycles. The first-order valence-electron chi connectivity index (χ1n) is 4.81. The van der Waals surface area contributed by atoms with Crippen LogP contribution in [0.25, 0.3) is 0 Å². The molecule has 92 valence electrons. The van der Waals surface area contributed by atoms with Gasteiger partial charge >= 0.3 is 11.7 Å². The molecule has 18 heavy (non-hydrogen) atoms. The van der Waals surface area contributed by atoms with Crippen molar-refractivity contribution in [3.8, 4) is 5.75 Å². The summed E-state index contributed by atoms with van der Waals surface area (Å²) in [5, 5.41) is 26.5. The molecule has 1 aromatic carbocycles. The molecule has 4 N–H and O–H groups in total. The van der Waals surface area contributed by atoms with Gasteiger partial charge in [-0.05, 0) is 12.1 Å². The molecular weight excluding hydrogens is 240 g/mol. The predicted molar refractivity (Wildman–Crippen MR) is 61.0 cm³/mol. The number of nitrogens with one attached hydrogen (secondary N) is 2. The minimum atomic E-state index is -1.23. The largest absolute Gasteiger partial charge is 0.507 e. The first kappa shape index (κ1) is 11.6. The van der Waals surface area contributed by atoms with E-state index in [1.54, 1.807) is 0 Å². The lowest BCUT2D eigenvalue weighted by Gasteiger charge is -2.06. The van der Waals surface area contributed by atoms with Crippen molar-refractivity contribution in [1.82, 2.24) is 15.2 Å². The van der Waals surface area contributed by atoms with E-state index in [-0.39, 0.29) is 17.1 Å². The van der Waals surface area contributed by atoms with Crippen molar-refractivity contribution < 1.29 is 15.0 Å². The van der Waals surface area contributed by atoms with Gasteiger partial charge in [0, 0.05) is 11.8 Å². The molecule has 0 aliphatic carbocycles. The van der Waals surface area contributed by atoms with Gasteiger partial charge in [-0.15, -0.1) is 0 Å². The van der Waals surface area contributed by atoms with E-state index < -0.39 is 11.7 Å². The highest BCUT2D eigenvalue weighted by molar-refractivity contribution is 5.91. The SMILES string of the molecule is O=C(O)c1ccc(Nc2cn[nH]c(=O)n2)cc1O. The third-order valence-corrected chi connectivity index (χ3v) is 2.07. The van der Waals surface area contributed by atoms with Crippen molar-refractivity contribution in [2.45, 2.75) is 0 Å². The van der Waals surface area contributed by atoms with E-state index in [9.17, 15) is 14.7 Å². The zero-order valence-electron chi connectivity index (χ0n) is 8.91. The summed E-state index contributed by atoms with van der Waals surface area (Å²) in [5.41, 5.74) is -0.443. The van der Waals surface area contributed by atoms with Crippen LogP contribution in [0.2, 0.25) is 0 Å². The Morgan fingerprint density at radius 3 is 2.78 bits per heavy atom. The van der Waals surface area contributed by atoms with Crippen molar-refractivity contribution in [3.05, 3.63) is 40.4 Å². The first-order valence-corrected chi connectivity index (χ1v) is 4.81. The van der Waals surface area contributed by atoms with Crippen LogP contribution >= 0.6 is 0 Å². The Morgan fingerprint density at radius 1 is 1.39 bits per heavy atom. The average molecular weight is 248 g/mol. The second-order valence-corrected chi connectivity index (χ2v) is 3.33. The van der Waals surface area contributed by atoms with Gasteiger partial charge in [-0.1, -0.05) is 0 Å². The second-order valence-electron chi connectivity index (χ2n) is 3.33.